The summed E-state index contributed by atoms with van der Waals surface area (Å²) in [5, 5.41) is 9.56. The van der Waals surface area contributed by atoms with Crippen LogP contribution in [0.4, 0.5) is 0 Å². The number of phenols is 1. The highest BCUT2D eigenvalue weighted by Gasteiger charge is 2.15. The van der Waals surface area contributed by atoms with Crippen LogP contribution in [0.5, 0.6) is 5.75 Å². The van der Waals surface area contributed by atoms with Gasteiger partial charge in [0.15, 0.2) is 0 Å². The quantitative estimate of drug-likeness (QED) is 0.797. The molecule has 0 spiro atoms. The summed E-state index contributed by atoms with van der Waals surface area (Å²) in [5.74, 6) is -0.0781. The Morgan fingerprint density at radius 2 is 2.06 bits per heavy atom. The lowest BCUT2D eigenvalue weighted by Crippen LogP contribution is -2.09. The average molecular weight is 222 g/mol. The number of benzene rings is 1. The molecular weight excluding hydrogens is 204 g/mol. The van der Waals surface area contributed by atoms with Crippen LogP contribution in [0.15, 0.2) is 12.1 Å². The molecule has 0 aliphatic carbocycles. The molecule has 1 rings (SSSR count). The zero-order valence-corrected chi connectivity index (χ0v) is 10.0. The minimum Gasteiger partial charge on any atom is -0.508 e. The van der Waals surface area contributed by atoms with Crippen LogP contribution in [-0.4, -0.2) is 17.7 Å². The van der Waals surface area contributed by atoms with Gasteiger partial charge >= 0.3 is 5.97 Å². The molecule has 0 bridgehead atoms. The summed E-state index contributed by atoms with van der Waals surface area (Å²) in [7, 11) is 0. The Hall–Kier alpha value is -1.51. The van der Waals surface area contributed by atoms with Crippen molar-refractivity contribution in [2.24, 2.45) is 0 Å². The van der Waals surface area contributed by atoms with Crippen LogP contribution in [0.2, 0.25) is 0 Å². The molecule has 0 amide bonds. The van der Waals surface area contributed by atoms with Crippen LogP contribution in [0, 0.1) is 6.92 Å². The molecule has 88 valence electrons. The third-order valence-corrected chi connectivity index (χ3v) is 2.58. The molecule has 16 heavy (non-hydrogen) atoms. The van der Waals surface area contributed by atoms with E-state index >= 15 is 0 Å². The van der Waals surface area contributed by atoms with E-state index in [-0.39, 0.29) is 11.7 Å². The number of hydrogen-bond donors (Lipinski definition) is 1. The summed E-state index contributed by atoms with van der Waals surface area (Å²) in [6, 6.07) is 3.16. The van der Waals surface area contributed by atoms with Crippen molar-refractivity contribution in [1.29, 1.82) is 0 Å². The monoisotopic (exact) mass is 222 g/mol. The summed E-state index contributed by atoms with van der Waals surface area (Å²) < 4.78 is 5.09. The first-order valence-corrected chi connectivity index (χ1v) is 5.60. The number of hydrogen-bond acceptors (Lipinski definition) is 3. The molecule has 1 aromatic rings. The minimum absolute atomic E-state index is 0.226. The molecule has 0 unspecified atom stereocenters. The second kappa shape index (κ2) is 5.54. The van der Waals surface area contributed by atoms with Gasteiger partial charge in [-0.15, -0.1) is 0 Å². The second-order valence-corrected chi connectivity index (χ2v) is 3.73. The normalized spacial score (nSPS) is 10.2. The molecule has 1 N–H and O–H groups in total. The third kappa shape index (κ3) is 2.54. The Kier molecular flexibility index (Phi) is 4.35. The largest absolute Gasteiger partial charge is 0.508 e. The smallest absolute Gasteiger partial charge is 0.338 e. The van der Waals surface area contributed by atoms with Crippen LogP contribution in [-0.2, 0) is 11.2 Å². The Bertz CT molecular complexity index is 383. The van der Waals surface area contributed by atoms with Crippen LogP contribution in [0.1, 0.15) is 41.8 Å². The molecule has 0 saturated heterocycles. The SMILES string of the molecule is CCCOC(=O)c1ccc(O)c(C)c1CC. The number of esters is 1. The Balaban J connectivity index is 3.04. The molecule has 0 radical (unpaired) electrons. The molecule has 0 aliphatic heterocycles. The van der Waals surface area contributed by atoms with E-state index in [1.165, 1.54) is 6.07 Å². The zero-order valence-electron chi connectivity index (χ0n) is 10.0. The fourth-order valence-electron chi connectivity index (χ4n) is 1.66. The fourth-order valence-corrected chi connectivity index (χ4v) is 1.66. The van der Waals surface area contributed by atoms with Crippen LogP contribution in [0.25, 0.3) is 0 Å². The predicted molar refractivity (Wildman–Crippen MR) is 62.8 cm³/mol. The highest BCUT2D eigenvalue weighted by Crippen LogP contribution is 2.24. The number of phenolic OH excluding ortho intramolecular Hbond substituents is 1. The summed E-state index contributed by atoms with van der Waals surface area (Å²) in [5.41, 5.74) is 2.18. The van der Waals surface area contributed by atoms with Crippen molar-refractivity contribution in [1.82, 2.24) is 0 Å². The Labute approximate surface area is 96.1 Å². The van der Waals surface area contributed by atoms with Gasteiger partial charge in [0.1, 0.15) is 5.75 Å². The Morgan fingerprint density at radius 3 is 2.62 bits per heavy atom. The van der Waals surface area contributed by atoms with Gasteiger partial charge in [-0.2, -0.15) is 0 Å². The van der Waals surface area contributed by atoms with Gasteiger partial charge in [-0.05, 0) is 43.0 Å². The van der Waals surface area contributed by atoms with Gasteiger partial charge in [0.25, 0.3) is 0 Å². The number of carbonyl (C=O) groups is 1. The molecular formula is C13H18O3. The van der Waals surface area contributed by atoms with Gasteiger partial charge in [-0.25, -0.2) is 4.79 Å². The van der Waals surface area contributed by atoms with Gasteiger partial charge in [-0.3, -0.25) is 0 Å². The Morgan fingerprint density at radius 1 is 1.38 bits per heavy atom. The summed E-state index contributed by atoms with van der Waals surface area (Å²) in [4.78, 5) is 11.7. The molecule has 3 nitrogen and oxygen atoms in total. The highest BCUT2D eigenvalue weighted by molar-refractivity contribution is 5.91. The number of carbonyl (C=O) groups excluding carboxylic acids is 1. The lowest BCUT2D eigenvalue weighted by molar-refractivity contribution is 0.0503. The van der Waals surface area contributed by atoms with Gasteiger partial charge in [0, 0.05) is 0 Å². The van der Waals surface area contributed by atoms with E-state index in [0.29, 0.717) is 18.6 Å². The lowest BCUT2D eigenvalue weighted by Gasteiger charge is -2.11. The number of rotatable bonds is 4. The topological polar surface area (TPSA) is 46.5 Å². The standard InChI is InChI=1S/C13H18O3/c1-4-8-16-13(15)11-6-7-12(14)9(3)10(11)5-2/h6-7,14H,4-5,8H2,1-3H3. The van der Waals surface area contributed by atoms with E-state index in [0.717, 1.165) is 17.5 Å². The van der Waals surface area contributed by atoms with Gasteiger partial charge in [0.05, 0.1) is 12.2 Å². The van der Waals surface area contributed by atoms with Gasteiger partial charge < -0.3 is 9.84 Å². The number of ether oxygens (including phenoxy) is 1. The molecule has 0 aromatic heterocycles. The van der Waals surface area contributed by atoms with E-state index in [2.05, 4.69) is 0 Å². The molecule has 3 heteroatoms. The molecule has 0 atom stereocenters. The van der Waals surface area contributed by atoms with Crippen LogP contribution in [0.3, 0.4) is 0 Å². The first-order chi connectivity index (χ1) is 7.61. The maximum atomic E-state index is 11.7. The maximum Gasteiger partial charge on any atom is 0.338 e. The summed E-state index contributed by atoms with van der Waals surface area (Å²) in [6.45, 7) is 6.15. The van der Waals surface area contributed by atoms with Gasteiger partial charge in [-0.1, -0.05) is 13.8 Å². The molecule has 1 aromatic carbocycles. The molecule has 0 fully saturated rings. The van der Waals surface area contributed by atoms with E-state index in [9.17, 15) is 9.90 Å². The predicted octanol–water partition coefficient (Wildman–Crippen LogP) is 2.83. The highest BCUT2D eigenvalue weighted by atomic mass is 16.5. The van der Waals surface area contributed by atoms with Crippen LogP contribution >= 0.6 is 0 Å². The van der Waals surface area contributed by atoms with Crippen molar-refractivity contribution < 1.29 is 14.6 Å². The summed E-state index contributed by atoms with van der Waals surface area (Å²) >= 11 is 0. The molecule has 0 aliphatic rings. The maximum absolute atomic E-state index is 11.7. The van der Waals surface area contributed by atoms with Crippen LogP contribution < -0.4 is 0 Å². The fraction of sp³-hybridized carbons (Fsp3) is 0.462. The van der Waals surface area contributed by atoms with Crippen molar-refractivity contribution in [3.8, 4) is 5.75 Å². The number of aromatic hydroxyl groups is 1. The zero-order chi connectivity index (χ0) is 12.1. The van der Waals surface area contributed by atoms with Crippen molar-refractivity contribution in [2.45, 2.75) is 33.6 Å². The van der Waals surface area contributed by atoms with Crippen molar-refractivity contribution in [3.05, 3.63) is 28.8 Å². The van der Waals surface area contributed by atoms with Gasteiger partial charge in [0.2, 0.25) is 0 Å². The summed E-state index contributed by atoms with van der Waals surface area (Å²) in [6.07, 6.45) is 1.51. The van der Waals surface area contributed by atoms with E-state index in [1.54, 1.807) is 6.07 Å². The van der Waals surface area contributed by atoms with E-state index in [4.69, 9.17) is 4.74 Å². The lowest BCUT2D eigenvalue weighted by atomic mass is 9.99. The first kappa shape index (κ1) is 12.6. The molecule has 0 heterocycles. The van der Waals surface area contributed by atoms with Crippen molar-refractivity contribution in [2.75, 3.05) is 6.61 Å². The van der Waals surface area contributed by atoms with Crippen molar-refractivity contribution >= 4 is 5.97 Å². The average Bonchev–Trinajstić information content (AvgIpc) is 2.29. The minimum atomic E-state index is -0.304. The second-order valence-electron chi connectivity index (χ2n) is 3.73. The third-order valence-electron chi connectivity index (χ3n) is 2.58. The first-order valence-electron chi connectivity index (χ1n) is 5.60. The van der Waals surface area contributed by atoms with Crippen molar-refractivity contribution in [3.63, 3.8) is 0 Å². The van der Waals surface area contributed by atoms with E-state index < -0.39 is 0 Å². The molecule has 0 saturated carbocycles. The van der Waals surface area contributed by atoms with E-state index in [1.807, 2.05) is 20.8 Å².